The first-order valence-electron chi connectivity index (χ1n) is 11.0. The van der Waals surface area contributed by atoms with E-state index in [1.165, 1.54) is 49.3 Å². The van der Waals surface area contributed by atoms with E-state index in [1.54, 1.807) is 0 Å². The van der Waals surface area contributed by atoms with E-state index in [0.717, 1.165) is 6.54 Å². The van der Waals surface area contributed by atoms with Gasteiger partial charge in [0.15, 0.2) is 0 Å². The van der Waals surface area contributed by atoms with E-state index in [4.69, 9.17) is 0 Å². The molecule has 6 aromatic rings. The predicted molar refractivity (Wildman–Crippen MR) is 135 cm³/mol. The van der Waals surface area contributed by atoms with Gasteiger partial charge in [-0.1, -0.05) is 72.8 Å². The first-order valence-corrected chi connectivity index (χ1v) is 11.0. The minimum Gasteiger partial charge on any atom is -0.311 e. The molecule has 0 saturated carbocycles. The van der Waals surface area contributed by atoms with Crippen LogP contribution in [-0.2, 0) is 0 Å². The second-order valence-corrected chi connectivity index (χ2v) is 8.31. The predicted octanol–water partition coefficient (Wildman–Crippen LogP) is 6.91. The van der Waals surface area contributed by atoms with Crippen LogP contribution in [0.25, 0.3) is 49.3 Å². The molecule has 0 amide bonds. The average Bonchev–Trinajstić information content (AvgIpc) is 3.37. The Bertz CT molecular complexity index is 1600. The number of benzene rings is 4. The van der Waals surface area contributed by atoms with Crippen LogP contribution in [-0.4, -0.2) is 15.8 Å². The zero-order chi connectivity index (χ0) is 21.1. The number of rotatable bonds is 2. The fourth-order valence-corrected chi connectivity index (χ4v) is 5.22. The Kier molecular flexibility index (Phi) is 3.61. The maximum atomic E-state index is 2.41. The van der Waals surface area contributed by atoms with E-state index in [0.29, 0.717) is 0 Å². The highest BCUT2D eigenvalue weighted by molar-refractivity contribution is 6.10. The fourth-order valence-electron chi connectivity index (χ4n) is 5.22. The Morgan fingerprint density at radius 2 is 0.938 bits per heavy atom. The van der Waals surface area contributed by atoms with Crippen molar-refractivity contribution in [3.8, 4) is 0 Å². The summed E-state index contributed by atoms with van der Waals surface area (Å²) in [5, 5.41) is 7.47. The smallest absolute Gasteiger partial charge is 0.0799 e. The number of nitrogens with zero attached hydrogens (tertiary/aromatic N) is 3. The highest BCUT2D eigenvalue weighted by atomic mass is 15.5. The summed E-state index contributed by atoms with van der Waals surface area (Å²) >= 11 is 0. The molecule has 7 rings (SSSR count). The molecule has 0 fully saturated rings. The number of aromatic nitrogens is 2. The van der Waals surface area contributed by atoms with Crippen LogP contribution in [0.5, 0.6) is 0 Å². The summed E-state index contributed by atoms with van der Waals surface area (Å²) in [4.78, 5) is 0. The third-order valence-corrected chi connectivity index (χ3v) is 6.55. The first-order chi connectivity index (χ1) is 15.9. The second-order valence-electron chi connectivity index (χ2n) is 8.31. The van der Waals surface area contributed by atoms with Crippen molar-refractivity contribution in [3.63, 3.8) is 0 Å². The van der Waals surface area contributed by atoms with Gasteiger partial charge in [0.25, 0.3) is 0 Å². The normalized spacial score (nSPS) is 14.1. The number of fused-ring (bicyclic) bond motifs is 6. The van der Waals surface area contributed by atoms with Gasteiger partial charge in [-0.2, -0.15) is 0 Å². The molecule has 3 heteroatoms. The Hall–Kier alpha value is -4.24. The molecule has 0 spiro atoms. The van der Waals surface area contributed by atoms with Crippen LogP contribution in [0.3, 0.4) is 0 Å². The van der Waals surface area contributed by atoms with Crippen LogP contribution < -0.4 is 5.01 Å². The van der Waals surface area contributed by atoms with Gasteiger partial charge in [-0.25, -0.2) is 0 Å². The molecule has 152 valence electrons. The Labute approximate surface area is 185 Å². The van der Waals surface area contributed by atoms with Gasteiger partial charge >= 0.3 is 0 Å². The average molecular weight is 412 g/mol. The van der Waals surface area contributed by atoms with Gasteiger partial charge < -0.3 is 4.57 Å². The second kappa shape index (κ2) is 6.63. The number of para-hydroxylation sites is 4. The van der Waals surface area contributed by atoms with Gasteiger partial charge in [0.2, 0.25) is 0 Å². The molecule has 0 aliphatic carbocycles. The molecule has 4 aromatic carbocycles. The fraction of sp³-hybridized carbons (Fsp3) is 0.0345. The van der Waals surface area contributed by atoms with Gasteiger partial charge in [-0.05, 0) is 36.4 Å². The molecule has 1 aliphatic heterocycles. The molecule has 0 bridgehead atoms. The van der Waals surface area contributed by atoms with Crippen LogP contribution >= 0.6 is 0 Å². The van der Waals surface area contributed by atoms with Gasteiger partial charge in [0.05, 0.1) is 28.6 Å². The maximum absolute atomic E-state index is 2.41. The van der Waals surface area contributed by atoms with Crippen molar-refractivity contribution in [2.45, 2.75) is 0 Å². The molecule has 2 aromatic heterocycles. The van der Waals surface area contributed by atoms with Crippen molar-refractivity contribution in [2.24, 2.45) is 0 Å². The minimum atomic E-state index is 0.780. The molecular weight excluding hydrogens is 390 g/mol. The van der Waals surface area contributed by atoms with Crippen molar-refractivity contribution in [1.82, 2.24) is 9.24 Å². The molecule has 1 aliphatic rings. The summed E-state index contributed by atoms with van der Waals surface area (Å²) in [7, 11) is 0. The van der Waals surface area contributed by atoms with Crippen LogP contribution in [0.15, 0.2) is 115 Å². The van der Waals surface area contributed by atoms with E-state index in [2.05, 4.69) is 130 Å². The summed E-state index contributed by atoms with van der Waals surface area (Å²) in [6.07, 6.45) is 6.57. The lowest BCUT2D eigenvalue weighted by Gasteiger charge is -2.28. The largest absolute Gasteiger partial charge is 0.311 e. The van der Waals surface area contributed by atoms with Crippen LogP contribution in [0.4, 0.5) is 0 Å². The molecule has 32 heavy (non-hydrogen) atoms. The lowest BCUT2D eigenvalue weighted by atomic mass is 10.2. The van der Waals surface area contributed by atoms with Crippen LogP contribution in [0.1, 0.15) is 0 Å². The summed E-state index contributed by atoms with van der Waals surface area (Å²) in [5.74, 6) is 0. The SMILES string of the molecule is C1=CN(n2c3ccccc3c3ccccc32)CC(n2c3ccccc3c3ccccc32)=C1. The number of hydrogen-bond donors (Lipinski definition) is 0. The summed E-state index contributed by atoms with van der Waals surface area (Å²) in [6, 6.07) is 34.7. The lowest BCUT2D eigenvalue weighted by molar-refractivity contribution is 0.770. The standard InChI is InChI=1S/C29H21N3/c1-5-15-26-22(11-1)23-12-2-6-16-27(23)31(26)21-10-9-19-30(20-21)32-28-17-7-3-13-24(28)25-14-4-8-18-29(25)32/h1-19H,20H2. The molecule has 0 unspecified atom stereocenters. The molecule has 3 heterocycles. The molecule has 0 atom stereocenters. The highest BCUT2D eigenvalue weighted by Gasteiger charge is 2.19. The lowest BCUT2D eigenvalue weighted by Crippen LogP contribution is -2.33. The van der Waals surface area contributed by atoms with Crippen molar-refractivity contribution in [1.29, 1.82) is 0 Å². The quantitative estimate of drug-likeness (QED) is 0.302. The van der Waals surface area contributed by atoms with Gasteiger partial charge in [-0.3, -0.25) is 9.69 Å². The number of allylic oxidation sites excluding steroid dienone is 2. The van der Waals surface area contributed by atoms with Crippen LogP contribution in [0, 0.1) is 0 Å². The molecule has 0 radical (unpaired) electrons. The Balaban J connectivity index is 1.43. The zero-order valence-corrected chi connectivity index (χ0v) is 17.5. The van der Waals surface area contributed by atoms with Crippen molar-refractivity contribution in [3.05, 3.63) is 115 Å². The van der Waals surface area contributed by atoms with E-state index in [9.17, 15) is 0 Å². The summed E-state index contributed by atoms with van der Waals surface area (Å²) in [5.41, 5.74) is 6.20. The first kappa shape index (κ1) is 17.4. The number of hydrogen-bond acceptors (Lipinski definition) is 1. The van der Waals surface area contributed by atoms with Crippen molar-refractivity contribution < 1.29 is 0 Å². The topological polar surface area (TPSA) is 13.1 Å². The van der Waals surface area contributed by atoms with Crippen molar-refractivity contribution in [2.75, 3.05) is 11.6 Å². The summed E-state index contributed by atoms with van der Waals surface area (Å²) < 4.78 is 4.76. The summed E-state index contributed by atoms with van der Waals surface area (Å²) in [6.45, 7) is 0.780. The minimum absolute atomic E-state index is 0.780. The zero-order valence-electron chi connectivity index (χ0n) is 17.5. The third kappa shape index (κ3) is 2.36. The van der Waals surface area contributed by atoms with E-state index in [-0.39, 0.29) is 0 Å². The Morgan fingerprint density at radius 3 is 1.47 bits per heavy atom. The molecular formula is C29H21N3. The maximum Gasteiger partial charge on any atom is 0.0799 e. The third-order valence-electron chi connectivity index (χ3n) is 6.55. The Morgan fingerprint density at radius 1 is 0.500 bits per heavy atom. The molecule has 0 N–H and O–H groups in total. The van der Waals surface area contributed by atoms with E-state index in [1.807, 2.05) is 0 Å². The van der Waals surface area contributed by atoms with Gasteiger partial charge in [0.1, 0.15) is 0 Å². The van der Waals surface area contributed by atoms with E-state index < -0.39 is 0 Å². The van der Waals surface area contributed by atoms with Crippen LogP contribution in [0.2, 0.25) is 0 Å². The van der Waals surface area contributed by atoms with E-state index >= 15 is 0 Å². The van der Waals surface area contributed by atoms with Crippen molar-refractivity contribution >= 4 is 49.3 Å². The highest BCUT2D eigenvalue weighted by Crippen LogP contribution is 2.34. The van der Waals surface area contributed by atoms with Gasteiger partial charge in [0, 0.05) is 33.4 Å². The van der Waals surface area contributed by atoms with Gasteiger partial charge in [-0.15, -0.1) is 0 Å². The molecule has 0 saturated heterocycles. The monoisotopic (exact) mass is 411 g/mol. The molecule has 3 nitrogen and oxygen atoms in total.